The van der Waals surface area contributed by atoms with Gasteiger partial charge in [0.1, 0.15) is 0 Å². The van der Waals surface area contributed by atoms with Crippen LogP contribution in [0.25, 0.3) is 0 Å². The van der Waals surface area contributed by atoms with E-state index in [-0.39, 0.29) is 0 Å². The zero-order valence-corrected chi connectivity index (χ0v) is 27.7. The van der Waals surface area contributed by atoms with E-state index in [2.05, 4.69) is 171 Å². The Morgan fingerprint density at radius 2 is 0.851 bits per heavy atom. The van der Waals surface area contributed by atoms with Crippen LogP contribution in [0.1, 0.15) is 46.1 Å². The van der Waals surface area contributed by atoms with Crippen LogP contribution in [0.4, 0.5) is 0 Å². The first-order valence-electron chi connectivity index (χ1n) is 16.6. The van der Waals surface area contributed by atoms with Crippen LogP contribution in [0.3, 0.4) is 0 Å². The molecular formula is C44H39O2P. The van der Waals surface area contributed by atoms with Crippen LogP contribution >= 0.6 is 7.26 Å². The number of hydrogen-bond acceptors (Lipinski definition) is 2. The van der Waals surface area contributed by atoms with Crippen molar-refractivity contribution in [3.63, 3.8) is 0 Å². The first-order valence-corrected chi connectivity index (χ1v) is 18.6. The Balaban J connectivity index is 1.09. The Bertz CT molecular complexity index is 1900. The zero-order chi connectivity index (χ0) is 31.6. The van der Waals surface area contributed by atoms with E-state index in [0.29, 0.717) is 25.0 Å². The summed E-state index contributed by atoms with van der Waals surface area (Å²) in [6, 6.07) is 55.2. The normalized spacial score (nSPS) is 16.5. The summed E-state index contributed by atoms with van der Waals surface area (Å²) < 4.78 is 13.0. The van der Waals surface area contributed by atoms with E-state index in [1.807, 2.05) is 0 Å². The number of aryl methyl sites for hydroxylation is 1. The first-order chi connectivity index (χ1) is 23.2. The molecule has 0 N–H and O–H groups in total. The van der Waals surface area contributed by atoms with Crippen LogP contribution < -0.4 is 30.7 Å². The molecule has 232 valence electrons. The second-order valence-electron chi connectivity index (χ2n) is 12.8. The van der Waals surface area contributed by atoms with Crippen molar-refractivity contribution in [3.05, 3.63) is 192 Å². The van der Waals surface area contributed by atoms with Gasteiger partial charge in [-0.25, -0.2) is 0 Å². The van der Waals surface area contributed by atoms with Crippen molar-refractivity contribution < 1.29 is 9.47 Å². The van der Waals surface area contributed by atoms with E-state index < -0.39 is 7.26 Å². The molecule has 2 unspecified atom stereocenters. The number of rotatable bonds is 10. The summed E-state index contributed by atoms with van der Waals surface area (Å²) in [5.74, 6) is 2.76. The topological polar surface area (TPSA) is 18.5 Å². The van der Waals surface area contributed by atoms with Crippen LogP contribution in [0.2, 0.25) is 0 Å². The van der Waals surface area contributed by atoms with Gasteiger partial charge in [0.2, 0.25) is 0 Å². The third-order valence-corrected chi connectivity index (χ3v) is 14.7. The summed E-state index contributed by atoms with van der Waals surface area (Å²) in [5, 5.41) is 5.50. The molecule has 0 fully saturated rings. The van der Waals surface area contributed by atoms with Crippen molar-refractivity contribution in [2.75, 3.05) is 0 Å². The molecule has 0 saturated heterocycles. The molecule has 47 heavy (non-hydrogen) atoms. The maximum Gasteiger partial charge on any atom is -0.0554 e. The molecule has 6 aromatic rings. The van der Waals surface area contributed by atoms with E-state index in [1.165, 1.54) is 43.5 Å². The predicted octanol–water partition coefficient (Wildman–Crippen LogP) is 8.65. The van der Waals surface area contributed by atoms with Crippen molar-refractivity contribution in [1.82, 2.24) is 0 Å². The molecule has 0 saturated carbocycles. The van der Waals surface area contributed by atoms with Crippen LogP contribution in [-0.2, 0) is 13.2 Å². The molecule has 8 rings (SSSR count). The number of ether oxygens (including phenoxy) is 2. The second kappa shape index (κ2) is 12.7. The van der Waals surface area contributed by atoms with Gasteiger partial charge >= 0.3 is 237 Å². The summed E-state index contributed by atoms with van der Waals surface area (Å²) in [6.07, 6.45) is 5.80. The second-order valence-corrected chi connectivity index (χ2v) is 16.6. The van der Waals surface area contributed by atoms with Gasteiger partial charge in [-0.2, -0.15) is 0 Å². The smallest absolute Gasteiger partial charge is 0.0554 e. The molecule has 0 amide bonds. The molecule has 0 aromatic heterocycles. The Morgan fingerprint density at radius 3 is 1.28 bits per heavy atom. The molecule has 2 nitrogen and oxygen atoms in total. The molecule has 2 aliphatic rings. The van der Waals surface area contributed by atoms with Crippen LogP contribution in [-0.4, -0.2) is 0 Å². The van der Waals surface area contributed by atoms with Crippen LogP contribution in [0.5, 0.6) is 11.5 Å². The number of allylic oxidation sites excluding steroid dienone is 2. The van der Waals surface area contributed by atoms with E-state index in [1.54, 1.807) is 0 Å². The van der Waals surface area contributed by atoms with E-state index >= 15 is 0 Å². The minimum Gasteiger partial charge on any atom is -0.0589 e. The molecule has 2 aliphatic carbocycles. The Kier molecular flexibility index (Phi) is 7.97. The summed E-state index contributed by atoms with van der Waals surface area (Å²) in [5.41, 5.74) is 6.22. The average Bonchev–Trinajstić information content (AvgIpc) is 3.77. The quantitative estimate of drug-likeness (QED) is 0.111. The Morgan fingerprint density at radius 1 is 0.468 bits per heavy atom. The van der Waals surface area contributed by atoms with Gasteiger partial charge in [-0.3, -0.25) is 0 Å². The zero-order valence-electron chi connectivity index (χ0n) is 26.7. The van der Waals surface area contributed by atoms with Gasteiger partial charge in [-0.05, 0) is 12.5 Å². The maximum atomic E-state index is 6.62. The number of benzene rings is 6. The molecule has 0 aliphatic heterocycles. The predicted molar refractivity (Wildman–Crippen MR) is 198 cm³/mol. The Hall–Kier alpha value is -4.91. The number of hydrogen-bond donors (Lipinski definition) is 0. The third kappa shape index (κ3) is 5.47. The minimum absolute atomic E-state index is 0.393. The fourth-order valence-electron chi connectivity index (χ4n) is 7.66. The minimum atomic E-state index is -2.54. The van der Waals surface area contributed by atoms with E-state index in [0.717, 1.165) is 23.5 Å². The third-order valence-electron chi connectivity index (χ3n) is 9.95. The van der Waals surface area contributed by atoms with E-state index in [9.17, 15) is 0 Å². The molecule has 0 spiro atoms. The van der Waals surface area contributed by atoms with Crippen molar-refractivity contribution in [3.8, 4) is 11.5 Å². The summed E-state index contributed by atoms with van der Waals surface area (Å²) >= 11 is 0. The van der Waals surface area contributed by atoms with Gasteiger partial charge in [-0.15, -0.1) is 0 Å². The van der Waals surface area contributed by atoms with Crippen molar-refractivity contribution in [2.24, 2.45) is 0 Å². The standard InChI is InChI=1S/C44H39O2P/c1-32-17-19-33(20-18-32)30-45-41-27-28-42(44-36-24-23-35(29-36)43(41)44)46-31-34-21-25-40(26-22-34)47(37-11-5-2-6-12-37,38-13-7-3-8-14-38)39-15-9-4-10-16-39/h2-28,35-36,47H,29-31H2,1H3. The fourth-order valence-corrected chi connectivity index (χ4v) is 12.4. The van der Waals surface area contributed by atoms with Gasteiger partial charge in [0.15, 0.2) is 0 Å². The summed E-state index contributed by atoms with van der Waals surface area (Å²) in [6.45, 7) is 3.21. The summed E-state index contributed by atoms with van der Waals surface area (Å²) in [7, 11) is -2.54. The number of fused-ring (bicyclic) bond motifs is 5. The van der Waals surface area contributed by atoms with Crippen molar-refractivity contribution >= 4 is 28.5 Å². The van der Waals surface area contributed by atoms with Gasteiger partial charge < -0.3 is 0 Å². The molecular weight excluding hydrogens is 591 g/mol. The van der Waals surface area contributed by atoms with Gasteiger partial charge in [0.05, 0.1) is 0 Å². The molecule has 0 heterocycles. The maximum absolute atomic E-state index is 6.62. The molecule has 2 atom stereocenters. The van der Waals surface area contributed by atoms with Crippen molar-refractivity contribution in [1.29, 1.82) is 0 Å². The van der Waals surface area contributed by atoms with Crippen LogP contribution in [0, 0.1) is 6.92 Å². The van der Waals surface area contributed by atoms with Crippen LogP contribution in [0.15, 0.2) is 164 Å². The van der Waals surface area contributed by atoms with Crippen molar-refractivity contribution in [2.45, 2.75) is 38.4 Å². The SMILES string of the molecule is Cc1ccc(COc2ccc(OCc3ccc([PH](c4ccccc4)(c4ccccc4)c4ccccc4)cc3)c3c2C2C=CC3C2)cc1. The molecule has 2 bridgehead atoms. The molecule has 3 heteroatoms. The van der Waals surface area contributed by atoms with Gasteiger partial charge in [-0.1, -0.05) is 29.8 Å². The summed E-state index contributed by atoms with van der Waals surface area (Å²) in [4.78, 5) is 0. The van der Waals surface area contributed by atoms with Gasteiger partial charge in [0, 0.05) is 0 Å². The fraction of sp³-hybridized carbons (Fsp3) is 0.136. The Labute approximate surface area is 278 Å². The largest absolute Gasteiger partial charge is 0.0589 e. The van der Waals surface area contributed by atoms with E-state index in [4.69, 9.17) is 9.47 Å². The monoisotopic (exact) mass is 630 g/mol. The average molecular weight is 631 g/mol. The molecule has 6 aromatic carbocycles. The van der Waals surface area contributed by atoms with Gasteiger partial charge in [0.25, 0.3) is 0 Å². The molecule has 0 radical (unpaired) electrons. The first kappa shape index (κ1) is 29.5.